The molecule has 0 spiro atoms. The van der Waals surface area contributed by atoms with Gasteiger partial charge in [-0.05, 0) is 24.7 Å². The van der Waals surface area contributed by atoms with Gasteiger partial charge in [0.05, 0.1) is 6.54 Å². The zero-order valence-electron chi connectivity index (χ0n) is 13.8. The standard InChI is InChI=1S/C16H23F2N5O/c1-21-6-8-22(9-7-21)14-10-13(2-4-19-14)11-20-15(24)23-5-3-16(17,18)12-23/h2,4,10H,3,5-9,11-12H2,1H3,(H,20,24). The molecule has 3 rings (SSSR count). The van der Waals surface area contributed by atoms with Crippen LogP contribution in [0, 0.1) is 0 Å². The fourth-order valence-corrected chi connectivity index (χ4v) is 2.98. The largest absolute Gasteiger partial charge is 0.354 e. The van der Waals surface area contributed by atoms with Gasteiger partial charge in [-0.2, -0.15) is 0 Å². The maximum atomic E-state index is 13.2. The van der Waals surface area contributed by atoms with Gasteiger partial charge in [0.25, 0.3) is 5.92 Å². The number of piperazine rings is 1. The quantitative estimate of drug-likeness (QED) is 0.904. The van der Waals surface area contributed by atoms with E-state index < -0.39 is 18.5 Å². The molecule has 132 valence electrons. The molecule has 2 saturated heterocycles. The molecular weight excluding hydrogens is 316 g/mol. The lowest BCUT2D eigenvalue weighted by atomic mass is 10.2. The van der Waals surface area contributed by atoms with Gasteiger partial charge < -0.3 is 20.0 Å². The van der Waals surface area contributed by atoms with Crippen molar-refractivity contribution in [1.29, 1.82) is 0 Å². The van der Waals surface area contributed by atoms with Crippen molar-refractivity contribution < 1.29 is 13.6 Å². The first-order chi connectivity index (χ1) is 11.4. The van der Waals surface area contributed by atoms with Gasteiger partial charge >= 0.3 is 6.03 Å². The number of rotatable bonds is 3. The van der Waals surface area contributed by atoms with Gasteiger partial charge in [-0.1, -0.05) is 0 Å². The number of alkyl halides is 2. The van der Waals surface area contributed by atoms with Crippen molar-refractivity contribution in [2.24, 2.45) is 0 Å². The number of anilines is 1. The van der Waals surface area contributed by atoms with Crippen LogP contribution in [0.3, 0.4) is 0 Å². The average Bonchev–Trinajstić information content (AvgIpc) is 2.94. The second kappa shape index (κ2) is 6.88. The van der Waals surface area contributed by atoms with E-state index in [-0.39, 0.29) is 13.0 Å². The highest BCUT2D eigenvalue weighted by Gasteiger charge is 2.40. The monoisotopic (exact) mass is 339 g/mol. The number of amides is 2. The summed E-state index contributed by atoms with van der Waals surface area (Å²) in [6.07, 6.45) is 1.46. The van der Waals surface area contributed by atoms with E-state index >= 15 is 0 Å². The lowest BCUT2D eigenvalue weighted by Gasteiger charge is -2.33. The van der Waals surface area contributed by atoms with E-state index in [4.69, 9.17) is 0 Å². The number of carbonyl (C=O) groups is 1. The van der Waals surface area contributed by atoms with Crippen LogP contribution in [0.2, 0.25) is 0 Å². The minimum Gasteiger partial charge on any atom is -0.354 e. The highest BCUT2D eigenvalue weighted by atomic mass is 19.3. The van der Waals surface area contributed by atoms with Crippen LogP contribution in [0.5, 0.6) is 0 Å². The predicted octanol–water partition coefficient (Wildman–Crippen LogP) is 1.38. The van der Waals surface area contributed by atoms with Gasteiger partial charge in [0.2, 0.25) is 0 Å². The smallest absolute Gasteiger partial charge is 0.317 e. The highest BCUT2D eigenvalue weighted by Crippen LogP contribution is 2.26. The Morgan fingerprint density at radius 3 is 2.71 bits per heavy atom. The molecule has 0 atom stereocenters. The van der Waals surface area contributed by atoms with E-state index in [1.54, 1.807) is 6.20 Å². The molecular formula is C16H23F2N5O. The third-order valence-electron chi connectivity index (χ3n) is 4.54. The zero-order chi connectivity index (χ0) is 17.2. The first kappa shape index (κ1) is 16.9. The van der Waals surface area contributed by atoms with E-state index in [1.807, 2.05) is 12.1 Å². The van der Waals surface area contributed by atoms with Crippen molar-refractivity contribution in [3.05, 3.63) is 23.9 Å². The number of likely N-dealkylation sites (N-methyl/N-ethyl adjacent to an activating group) is 1. The maximum Gasteiger partial charge on any atom is 0.317 e. The predicted molar refractivity (Wildman–Crippen MR) is 87.3 cm³/mol. The molecule has 2 amide bonds. The third kappa shape index (κ3) is 4.11. The fraction of sp³-hybridized carbons (Fsp3) is 0.625. The highest BCUT2D eigenvalue weighted by molar-refractivity contribution is 5.74. The number of urea groups is 1. The summed E-state index contributed by atoms with van der Waals surface area (Å²) in [7, 11) is 2.10. The summed E-state index contributed by atoms with van der Waals surface area (Å²) in [6.45, 7) is 3.73. The molecule has 2 aliphatic rings. The van der Waals surface area contributed by atoms with Crippen molar-refractivity contribution in [3.8, 4) is 0 Å². The number of carbonyl (C=O) groups excluding carboxylic acids is 1. The first-order valence-electron chi connectivity index (χ1n) is 8.22. The van der Waals surface area contributed by atoms with E-state index in [0.29, 0.717) is 6.54 Å². The van der Waals surface area contributed by atoms with Crippen LogP contribution in [0.1, 0.15) is 12.0 Å². The number of aromatic nitrogens is 1. The number of nitrogens with zero attached hydrogens (tertiary/aromatic N) is 4. The summed E-state index contributed by atoms with van der Waals surface area (Å²) in [4.78, 5) is 22.0. The third-order valence-corrected chi connectivity index (χ3v) is 4.54. The van der Waals surface area contributed by atoms with E-state index in [9.17, 15) is 13.6 Å². The Labute approximate surface area is 140 Å². The Morgan fingerprint density at radius 2 is 2.04 bits per heavy atom. The van der Waals surface area contributed by atoms with Crippen molar-refractivity contribution >= 4 is 11.8 Å². The Balaban J connectivity index is 1.54. The van der Waals surface area contributed by atoms with Gasteiger partial charge in [-0.25, -0.2) is 18.6 Å². The number of hydrogen-bond donors (Lipinski definition) is 1. The molecule has 3 heterocycles. The first-order valence-corrected chi connectivity index (χ1v) is 8.22. The summed E-state index contributed by atoms with van der Waals surface area (Å²) in [6, 6.07) is 3.34. The van der Waals surface area contributed by atoms with Gasteiger partial charge in [-0.3, -0.25) is 0 Å². The van der Waals surface area contributed by atoms with Gasteiger partial charge in [0, 0.05) is 51.9 Å². The van der Waals surface area contributed by atoms with E-state index in [1.165, 1.54) is 4.90 Å². The number of halogens is 2. The van der Waals surface area contributed by atoms with Crippen LogP contribution in [-0.2, 0) is 6.54 Å². The van der Waals surface area contributed by atoms with Crippen LogP contribution in [-0.4, -0.2) is 73.1 Å². The molecule has 0 aliphatic carbocycles. The fourth-order valence-electron chi connectivity index (χ4n) is 2.98. The molecule has 24 heavy (non-hydrogen) atoms. The molecule has 0 unspecified atom stereocenters. The summed E-state index contributed by atoms with van der Waals surface area (Å²) in [5.41, 5.74) is 0.915. The summed E-state index contributed by atoms with van der Waals surface area (Å²) in [5.74, 6) is -1.87. The van der Waals surface area contributed by atoms with Crippen LogP contribution in [0.4, 0.5) is 19.4 Å². The average molecular weight is 339 g/mol. The second-order valence-electron chi connectivity index (χ2n) is 6.50. The van der Waals surface area contributed by atoms with Crippen molar-refractivity contribution in [3.63, 3.8) is 0 Å². The lowest BCUT2D eigenvalue weighted by Crippen LogP contribution is -2.44. The molecule has 1 N–H and O–H groups in total. The number of hydrogen-bond acceptors (Lipinski definition) is 4. The molecule has 0 aromatic carbocycles. The van der Waals surface area contributed by atoms with Crippen LogP contribution < -0.4 is 10.2 Å². The minimum atomic E-state index is -2.76. The lowest BCUT2D eigenvalue weighted by molar-refractivity contribution is 0.0153. The van der Waals surface area contributed by atoms with Gasteiger partial charge in [-0.15, -0.1) is 0 Å². The topological polar surface area (TPSA) is 51.7 Å². The maximum absolute atomic E-state index is 13.2. The SMILES string of the molecule is CN1CCN(c2cc(CNC(=O)N3CCC(F)(F)C3)ccn2)CC1. The molecule has 0 radical (unpaired) electrons. The molecule has 6 nitrogen and oxygen atoms in total. The molecule has 1 aromatic rings. The Morgan fingerprint density at radius 1 is 1.29 bits per heavy atom. The molecule has 2 fully saturated rings. The second-order valence-corrected chi connectivity index (χ2v) is 6.50. The van der Waals surface area contributed by atoms with Crippen LogP contribution in [0.25, 0.3) is 0 Å². The molecule has 2 aliphatic heterocycles. The molecule has 0 saturated carbocycles. The van der Waals surface area contributed by atoms with Crippen molar-refractivity contribution in [2.75, 3.05) is 51.2 Å². The number of nitrogens with one attached hydrogen (secondary N) is 1. The minimum absolute atomic E-state index is 0.0989. The zero-order valence-corrected chi connectivity index (χ0v) is 13.8. The number of likely N-dealkylation sites (tertiary alicyclic amines) is 1. The summed E-state index contributed by atoms with van der Waals surface area (Å²) in [5, 5.41) is 2.71. The summed E-state index contributed by atoms with van der Waals surface area (Å²) < 4.78 is 26.3. The Kier molecular flexibility index (Phi) is 4.84. The van der Waals surface area contributed by atoms with Gasteiger partial charge in [0.1, 0.15) is 5.82 Å². The molecule has 1 aromatic heterocycles. The van der Waals surface area contributed by atoms with Crippen LogP contribution in [0.15, 0.2) is 18.3 Å². The molecule has 0 bridgehead atoms. The van der Waals surface area contributed by atoms with E-state index in [0.717, 1.165) is 37.6 Å². The van der Waals surface area contributed by atoms with Crippen molar-refractivity contribution in [1.82, 2.24) is 20.1 Å². The van der Waals surface area contributed by atoms with Crippen molar-refractivity contribution in [2.45, 2.75) is 18.9 Å². The Hall–Kier alpha value is -1.96. The van der Waals surface area contributed by atoms with Gasteiger partial charge in [0.15, 0.2) is 0 Å². The Bertz CT molecular complexity index is 590. The van der Waals surface area contributed by atoms with E-state index in [2.05, 4.69) is 27.1 Å². The summed E-state index contributed by atoms with van der Waals surface area (Å²) >= 11 is 0. The normalized spacial score (nSPS) is 21.1. The number of pyridine rings is 1. The van der Waals surface area contributed by atoms with Crippen LogP contribution >= 0.6 is 0 Å². The molecule has 8 heteroatoms.